The molecule has 10 heavy (non-hydrogen) atoms. The van der Waals surface area contributed by atoms with Gasteiger partial charge in [0.1, 0.15) is 6.61 Å². The highest BCUT2D eigenvalue weighted by Gasteiger charge is 2.22. The van der Waals surface area contributed by atoms with Crippen molar-refractivity contribution in [1.82, 2.24) is 4.31 Å². The summed E-state index contributed by atoms with van der Waals surface area (Å²) in [6, 6.07) is 0. The van der Waals surface area contributed by atoms with Gasteiger partial charge in [0.2, 0.25) is 0 Å². The molecule has 0 radical (unpaired) electrons. The number of amides is 1. The van der Waals surface area contributed by atoms with Crippen LogP contribution in [0.3, 0.4) is 0 Å². The first-order valence-corrected chi connectivity index (χ1v) is 4.15. The molecule has 1 heterocycles. The van der Waals surface area contributed by atoms with Gasteiger partial charge in [-0.25, -0.2) is 9.10 Å². The molecule has 1 aliphatic rings. The smallest absolute Gasteiger partial charge is 0.420 e. The van der Waals surface area contributed by atoms with E-state index in [0.717, 1.165) is 6.54 Å². The summed E-state index contributed by atoms with van der Waals surface area (Å²) in [5, 5.41) is 0.450. The molecule has 1 amide bonds. The molecule has 4 heteroatoms. The van der Waals surface area contributed by atoms with Gasteiger partial charge in [-0.3, -0.25) is 0 Å². The third-order valence-electron chi connectivity index (χ3n) is 1.06. The molecule has 0 N–H and O–H groups in total. The van der Waals surface area contributed by atoms with E-state index in [1.165, 1.54) is 11.9 Å². The molecular formula is C6H11NO2S. The lowest BCUT2D eigenvalue weighted by Gasteiger charge is -2.12. The number of hydrogen-bond donors (Lipinski definition) is 0. The van der Waals surface area contributed by atoms with Crippen molar-refractivity contribution in [3.8, 4) is 0 Å². The summed E-state index contributed by atoms with van der Waals surface area (Å²) in [5.74, 6) is 0. The van der Waals surface area contributed by atoms with Crippen molar-refractivity contribution in [2.24, 2.45) is 0 Å². The Labute approximate surface area is 64.9 Å². The first-order valence-electron chi connectivity index (χ1n) is 3.31. The van der Waals surface area contributed by atoms with Crippen LogP contribution in [-0.2, 0) is 4.74 Å². The minimum Gasteiger partial charge on any atom is -0.447 e. The Hall–Kier alpha value is -0.380. The van der Waals surface area contributed by atoms with Crippen LogP contribution < -0.4 is 0 Å². The van der Waals surface area contributed by atoms with Gasteiger partial charge in [0, 0.05) is 5.25 Å². The zero-order chi connectivity index (χ0) is 7.56. The van der Waals surface area contributed by atoms with Gasteiger partial charge in [-0.15, -0.1) is 0 Å². The second kappa shape index (κ2) is 3.14. The number of carbonyl (C=O) groups excluding carboxylic acids is 1. The summed E-state index contributed by atoms with van der Waals surface area (Å²) in [4.78, 5) is 10.8. The maximum absolute atomic E-state index is 10.8. The third-order valence-corrected chi connectivity index (χ3v) is 2.07. The Kier molecular flexibility index (Phi) is 2.43. The van der Waals surface area contributed by atoms with Crippen molar-refractivity contribution in [2.75, 3.05) is 13.2 Å². The lowest BCUT2D eigenvalue weighted by atomic mass is 10.6. The molecule has 1 rings (SSSR count). The van der Waals surface area contributed by atoms with Crippen LogP contribution in [0.1, 0.15) is 13.8 Å². The molecule has 0 aliphatic carbocycles. The van der Waals surface area contributed by atoms with Gasteiger partial charge < -0.3 is 4.74 Å². The Morgan fingerprint density at radius 3 is 2.80 bits per heavy atom. The van der Waals surface area contributed by atoms with E-state index in [4.69, 9.17) is 4.74 Å². The summed E-state index contributed by atoms with van der Waals surface area (Å²) in [7, 11) is 0. The average molecular weight is 161 g/mol. The summed E-state index contributed by atoms with van der Waals surface area (Å²) in [5.41, 5.74) is 0. The van der Waals surface area contributed by atoms with Crippen LogP contribution in [-0.4, -0.2) is 28.8 Å². The average Bonchev–Trinajstić information content (AvgIpc) is 2.15. The minimum absolute atomic E-state index is 0.196. The monoisotopic (exact) mass is 161 g/mol. The first-order chi connectivity index (χ1) is 4.70. The van der Waals surface area contributed by atoms with E-state index in [9.17, 15) is 4.79 Å². The molecule has 0 aromatic carbocycles. The van der Waals surface area contributed by atoms with E-state index in [0.29, 0.717) is 11.9 Å². The summed E-state index contributed by atoms with van der Waals surface area (Å²) >= 11 is 1.53. The molecule has 1 saturated heterocycles. The lowest BCUT2D eigenvalue weighted by molar-refractivity contribution is 0.171. The highest BCUT2D eigenvalue weighted by Crippen LogP contribution is 2.20. The predicted molar refractivity (Wildman–Crippen MR) is 40.8 cm³/mol. The highest BCUT2D eigenvalue weighted by atomic mass is 32.2. The summed E-state index contributed by atoms with van der Waals surface area (Å²) < 4.78 is 6.39. The Morgan fingerprint density at radius 1 is 1.70 bits per heavy atom. The van der Waals surface area contributed by atoms with Crippen molar-refractivity contribution in [2.45, 2.75) is 19.1 Å². The van der Waals surface area contributed by atoms with Crippen LogP contribution in [0.4, 0.5) is 4.79 Å². The van der Waals surface area contributed by atoms with Gasteiger partial charge in [-0.05, 0) is 11.9 Å². The zero-order valence-electron chi connectivity index (χ0n) is 6.16. The van der Waals surface area contributed by atoms with Crippen molar-refractivity contribution < 1.29 is 9.53 Å². The topological polar surface area (TPSA) is 29.5 Å². The van der Waals surface area contributed by atoms with Gasteiger partial charge in [0.15, 0.2) is 0 Å². The number of ether oxygens (including phenoxy) is 1. The lowest BCUT2D eigenvalue weighted by Crippen LogP contribution is -2.17. The number of hydrogen-bond acceptors (Lipinski definition) is 3. The molecule has 0 saturated carbocycles. The standard InChI is InChI=1S/C6H11NO2S/c1-5(2)10-7-3-4-9-6(7)8/h5H,3-4H2,1-2H3. The van der Waals surface area contributed by atoms with E-state index in [-0.39, 0.29) is 6.09 Å². The Balaban J connectivity index is 2.33. The van der Waals surface area contributed by atoms with Crippen LogP contribution >= 0.6 is 11.9 Å². The van der Waals surface area contributed by atoms with E-state index < -0.39 is 0 Å². The molecule has 0 aromatic rings. The van der Waals surface area contributed by atoms with E-state index in [1.807, 2.05) is 0 Å². The van der Waals surface area contributed by atoms with E-state index in [2.05, 4.69) is 13.8 Å². The SMILES string of the molecule is CC(C)SN1CCOC1=O. The number of carbonyl (C=O) groups is 1. The fourth-order valence-corrected chi connectivity index (χ4v) is 1.56. The maximum atomic E-state index is 10.8. The quantitative estimate of drug-likeness (QED) is 0.575. The molecule has 0 atom stereocenters. The van der Waals surface area contributed by atoms with Crippen molar-refractivity contribution in [1.29, 1.82) is 0 Å². The van der Waals surface area contributed by atoms with Gasteiger partial charge in [0.25, 0.3) is 0 Å². The van der Waals surface area contributed by atoms with Gasteiger partial charge in [0.05, 0.1) is 6.54 Å². The Bertz CT molecular complexity index is 138. The second-order valence-corrected chi connectivity index (χ2v) is 3.97. The molecule has 1 aliphatic heterocycles. The van der Waals surface area contributed by atoms with Gasteiger partial charge in [-0.1, -0.05) is 13.8 Å². The molecular weight excluding hydrogens is 150 g/mol. The van der Waals surface area contributed by atoms with Gasteiger partial charge >= 0.3 is 6.09 Å². The van der Waals surface area contributed by atoms with Crippen LogP contribution in [0.2, 0.25) is 0 Å². The first kappa shape index (κ1) is 7.72. The largest absolute Gasteiger partial charge is 0.447 e. The minimum atomic E-state index is -0.196. The molecule has 1 fully saturated rings. The van der Waals surface area contributed by atoms with Crippen molar-refractivity contribution in [3.05, 3.63) is 0 Å². The summed E-state index contributed by atoms with van der Waals surface area (Å²) in [6.45, 7) is 5.37. The van der Waals surface area contributed by atoms with Crippen molar-refractivity contribution in [3.63, 3.8) is 0 Å². The van der Waals surface area contributed by atoms with Crippen molar-refractivity contribution >= 4 is 18.0 Å². The fourth-order valence-electron chi connectivity index (χ4n) is 0.729. The zero-order valence-corrected chi connectivity index (χ0v) is 6.98. The molecule has 0 spiro atoms. The second-order valence-electron chi connectivity index (χ2n) is 2.37. The van der Waals surface area contributed by atoms with E-state index >= 15 is 0 Å². The molecule has 0 aromatic heterocycles. The van der Waals surface area contributed by atoms with Crippen LogP contribution in [0, 0.1) is 0 Å². The maximum Gasteiger partial charge on any atom is 0.420 e. The Morgan fingerprint density at radius 2 is 2.40 bits per heavy atom. The predicted octanol–water partition coefficient (Wildman–Crippen LogP) is 1.50. The molecule has 58 valence electrons. The fraction of sp³-hybridized carbons (Fsp3) is 0.833. The molecule has 0 bridgehead atoms. The van der Waals surface area contributed by atoms with Crippen LogP contribution in [0.15, 0.2) is 0 Å². The van der Waals surface area contributed by atoms with Crippen LogP contribution in [0.25, 0.3) is 0 Å². The number of cyclic esters (lactones) is 1. The van der Waals surface area contributed by atoms with E-state index in [1.54, 1.807) is 4.31 Å². The number of rotatable bonds is 2. The van der Waals surface area contributed by atoms with Gasteiger partial charge in [-0.2, -0.15) is 0 Å². The molecule has 0 unspecified atom stereocenters. The number of nitrogens with zero attached hydrogens (tertiary/aromatic N) is 1. The third kappa shape index (κ3) is 1.80. The highest BCUT2D eigenvalue weighted by molar-refractivity contribution is 7.98. The summed E-state index contributed by atoms with van der Waals surface area (Å²) in [6.07, 6.45) is -0.196. The molecule has 3 nitrogen and oxygen atoms in total. The van der Waals surface area contributed by atoms with Crippen LogP contribution in [0.5, 0.6) is 0 Å². The normalized spacial score (nSPS) is 18.3.